The third-order valence-corrected chi connectivity index (χ3v) is 9.60. The first-order valence-electron chi connectivity index (χ1n) is 15.0. The monoisotopic (exact) mass is 629 g/mol. The Kier molecular flexibility index (Phi) is 6.96. The van der Waals surface area contributed by atoms with Gasteiger partial charge in [-0.3, -0.25) is 4.79 Å². The molecule has 45 heavy (non-hydrogen) atoms. The lowest BCUT2D eigenvalue weighted by molar-refractivity contribution is -0.119. The number of benzene rings is 5. The van der Waals surface area contributed by atoms with Gasteiger partial charge in [0.1, 0.15) is 11.6 Å². The van der Waals surface area contributed by atoms with Crippen molar-refractivity contribution in [3.63, 3.8) is 0 Å². The molecule has 2 aliphatic rings. The van der Waals surface area contributed by atoms with Crippen molar-refractivity contribution >= 4 is 45.8 Å². The van der Waals surface area contributed by atoms with Crippen molar-refractivity contribution in [1.29, 1.82) is 0 Å². The van der Waals surface area contributed by atoms with Gasteiger partial charge in [0.25, 0.3) is 0 Å². The Bertz CT molecular complexity index is 1910. The molecular formula is C37H29Cl2N5O. The molecule has 5 aromatic carbocycles. The summed E-state index contributed by atoms with van der Waals surface area (Å²) in [6.45, 7) is 1.71. The first-order valence-corrected chi connectivity index (χ1v) is 15.8. The van der Waals surface area contributed by atoms with E-state index < -0.39 is 5.54 Å². The van der Waals surface area contributed by atoms with Crippen LogP contribution < -0.4 is 5.32 Å². The van der Waals surface area contributed by atoms with Crippen molar-refractivity contribution in [1.82, 2.24) is 19.8 Å². The minimum absolute atomic E-state index is 0.0625. The molecule has 0 radical (unpaired) electrons. The second-order valence-corrected chi connectivity index (χ2v) is 12.3. The summed E-state index contributed by atoms with van der Waals surface area (Å²) >= 11 is 13.4. The van der Waals surface area contributed by atoms with E-state index in [0.29, 0.717) is 15.9 Å². The van der Waals surface area contributed by atoms with Crippen LogP contribution in [0.15, 0.2) is 127 Å². The minimum atomic E-state index is -0.862. The number of amides is 1. The molecule has 222 valence electrons. The summed E-state index contributed by atoms with van der Waals surface area (Å²) in [6, 6.07) is 42.6. The summed E-state index contributed by atoms with van der Waals surface area (Å²) in [6.07, 6.45) is 0.785. The van der Waals surface area contributed by atoms with Crippen molar-refractivity contribution in [2.24, 2.45) is 0 Å². The van der Waals surface area contributed by atoms with Gasteiger partial charge in [-0.2, -0.15) is 5.10 Å². The average molecular weight is 631 g/mol. The standard InChI is InChI=1S/C37H29Cl2N5O/c38-30-17-10-18-31(39)34(30)25-19-20-32-29(23-25)35(40-36(45)33-21-22-42-24-43(33)42)41-44(32)37(26-11-4-1-5-12-26,27-13-6-2-7-14-27)28-15-8-3-9-16-28/h1-20,23,33H,21-22,24H2,(H,40,41,45). The number of anilines is 1. The van der Waals surface area contributed by atoms with Crippen molar-refractivity contribution in [2.45, 2.75) is 18.0 Å². The third kappa shape index (κ3) is 4.64. The van der Waals surface area contributed by atoms with Gasteiger partial charge >= 0.3 is 0 Å². The quantitative estimate of drug-likeness (QED) is 0.143. The van der Waals surface area contributed by atoms with E-state index in [9.17, 15) is 4.79 Å². The number of halogens is 2. The van der Waals surface area contributed by atoms with Gasteiger partial charge < -0.3 is 5.32 Å². The van der Waals surface area contributed by atoms with Crippen LogP contribution in [0.5, 0.6) is 0 Å². The lowest BCUT2D eigenvalue weighted by Crippen LogP contribution is -2.38. The van der Waals surface area contributed by atoms with E-state index >= 15 is 0 Å². The summed E-state index contributed by atoms with van der Waals surface area (Å²) in [5.74, 6) is 0.431. The second kappa shape index (κ2) is 11.2. The summed E-state index contributed by atoms with van der Waals surface area (Å²) in [5.41, 5.74) is 4.70. The van der Waals surface area contributed by atoms with Gasteiger partial charge in [-0.15, -0.1) is 0 Å². The highest BCUT2D eigenvalue weighted by Gasteiger charge is 2.47. The van der Waals surface area contributed by atoms with Gasteiger partial charge in [-0.25, -0.2) is 14.7 Å². The number of aromatic nitrogens is 2. The molecule has 0 aliphatic carbocycles. The number of hydrazine groups is 1. The van der Waals surface area contributed by atoms with Crippen molar-refractivity contribution in [3.8, 4) is 11.1 Å². The van der Waals surface area contributed by atoms with Crippen LogP contribution >= 0.6 is 23.2 Å². The maximum atomic E-state index is 13.8. The van der Waals surface area contributed by atoms with Gasteiger partial charge in [-0.05, 0) is 52.9 Å². The van der Waals surface area contributed by atoms with E-state index in [1.165, 1.54) is 0 Å². The number of carbonyl (C=O) groups is 1. The summed E-state index contributed by atoms with van der Waals surface area (Å²) < 4.78 is 2.06. The number of rotatable bonds is 7. The fourth-order valence-corrected chi connectivity index (χ4v) is 7.44. The van der Waals surface area contributed by atoms with Crippen LogP contribution in [0, 0.1) is 0 Å². The van der Waals surface area contributed by atoms with Gasteiger partial charge in [0.2, 0.25) is 5.91 Å². The van der Waals surface area contributed by atoms with Crippen molar-refractivity contribution < 1.29 is 4.79 Å². The SMILES string of the molecule is O=C(Nc1nn(C(c2ccccc2)(c2ccccc2)c2ccccc2)c2ccc(-c3c(Cl)cccc3Cl)cc12)C1CCN2CN12. The molecule has 6 nitrogen and oxygen atoms in total. The predicted molar refractivity (Wildman–Crippen MR) is 180 cm³/mol. The number of nitrogens with one attached hydrogen (secondary N) is 1. The van der Waals surface area contributed by atoms with Gasteiger partial charge in [-0.1, -0.05) is 126 Å². The largest absolute Gasteiger partial charge is 0.307 e. The average Bonchev–Trinajstić information content (AvgIpc) is 3.59. The molecule has 1 amide bonds. The number of carbonyl (C=O) groups excluding carboxylic acids is 1. The predicted octanol–water partition coefficient (Wildman–Crippen LogP) is 8.05. The Labute approximate surface area is 271 Å². The molecule has 2 aliphatic heterocycles. The fourth-order valence-electron chi connectivity index (χ4n) is 6.82. The lowest BCUT2D eigenvalue weighted by atomic mass is 9.77. The van der Waals surface area contributed by atoms with E-state index in [1.54, 1.807) is 0 Å². The van der Waals surface area contributed by atoms with Gasteiger partial charge in [0.15, 0.2) is 5.82 Å². The molecule has 3 atom stereocenters. The van der Waals surface area contributed by atoms with E-state index in [4.69, 9.17) is 28.3 Å². The van der Waals surface area contributed by atoms with Crippen LogP contribution in [-0.4, -0.2) is 45.0 Å². The van der Waals surface area contributed by atoms with Gasteiger partial charge in [0.05, 0.1) is 12.2 Å². The normalized spacial score (nSPS) is 18.9. The summed E-state index contributed by atoms with van der Waals surface area (Å²) in [7, 11) is 0. The Morgan fingerprint density at radius 3 is 1.84 bits per heavy atom. The highest BCUT2D eigenvalue weighted by atomic mass is 35.5. The maximum Gasteiger partial charge on any atom is 0.244 e. The number of fused-ring (bicyclic) bond motifs is 2. The van der Waals surface area contributed by atoms with E-state index in [0.717, 1.165) is 58.4 Å². The molecule has 2 saturated heterocycles. The molecule has 8 heteroatoms. The lowest BCUT2D eigenvalue weighted by Gasteiger charge is -2.37. The van der Waals surface area contributed by atoms with Crippen LogP contribution in [0.3, 0.4) is 0 Å². The van der Waals surface area contributed by atoms with Crippen molar-refractivity contribution in [2.75, 3.05) is 18.5 Å². The molecule has 0 saturated carbocycles. The maximum absolute atomic E-state index is 13.8. The van der Waals surface area contributed by atoms with E-state index in [-0.39, 0.29) is 11.9 Å². The zero-order valence-electron chi connectivity index (χ0n) is 24.3. The Morgan fingerprint density at radius 1 is 0.756 bits per heavy atom. The highest BCUT2D eigenvalue weighted by Crippen LogP contribution is 2.45. The Balaban J connectivity index is 1.42. The molecule has 6 aromatic rings. The molecule has 0 bridgehead atoms. The van der Waals surface area contributed by atoms with E-state index in [2.05, 4.69) is 98.9 Å². The molecule has 0 spiro atoms. The molecule has 1 aromatic heterocycles. The zero-order valence-corrected chi connectivity index (χ0v) is 25.8. The van der Waals surface area contributed by atoms with Gasteiger partial charge in [0, 0.05) is 27.5 Å². The zero-order chi connectivity index (χ0) is 30.5. The number of hydrogen-bond donors (Lipinski definition) is 1. The first kappa shape index (κ1) is 28.0. The number of hydrogen-bond acceptors (Lipinski definition) is 4. The van der Waals surface area contributed by atoms with Crippen molar-refractivity contribution in [3.05, 3.63) is 154 Å². The smallest absolute Gasteiger partial charge is 0.244 e. The van der Waals surface area contributed by atoms with Crippen LogP contribution in [0.4, 0.5) is 5.82 Å². The van der Waals surface area contributed by atoms with Crippen LogP contribution in [0.2, 0.25) is 10.0 Å². The Hall–Kier alpha value is -4.46. The molecular weight excluding hydrogens is 601 g/mol. The molecule has 3 unspecified atom stereocenters. The number of nitrogens with zero attached hydrogens (tertiary/aromatic N) is 4. The highest BCUT2D eigenvalue weighted by molar-refractivity contribution is 6.39. The summed E-state index contributed by atoms with van der Waals surface area (Å²) in [5, 5.41) is 14.7. The first-order chi connectivity index (χ1) is 22.1. The molecule has 1 N–H and O–H groups in total. The summed E-state index contributed by atoms with van der Waals surface area (Å²) in [4.78, 5) is 13.8. The third-order valence-electron chi connectivity index (χ3n) is 8.97. The van der Waals surface area contributed by atoms with Crippen LogP contribution in [0.1, 0.15) is 23.1 Å². The topological polar surface area (TPSA) is 52.9 Å². The van der Waals surface area contributed by atoms with Crippen LogP contribution in [0.25, 0.3) is 22.0 Å². The second-order valence-electron chi connectivity index (χ2n) is 11.5. The molecule has 8 rings (SSSR count). The van der Waals surface area contributed by atoms with E-state index in [1.807, 2.05) is 48.5 Å². The Morgan fingerprint density at radius 2 is 1.33 bits per heavy atom. The van der Waals surface area contributed by atoms with Crippen LogP contribution in [-0.2, 0) is 10.3 Å². The minimum Gasteiger partial charge on any atom is -0.307 e. The molecule has 3 heterocycles. The fraction of sp³-hybridized carbons (Fsp3) is 0.135. The molecule has 2 fully saturated rings.